The van der Waals surface area contributed by atoms with E-state index in [9.17, 15) is 14.7 Å². The van der Waals surface area contributed by atoms with Crippen LogP contribution in [0.5, 0.6) is 0 Å². The maximum atomic E-state index is 12.3. The molecule has 0 saturated carbocycles. The van der Waals surface area contributed by atoms with Crippen LogP contribution in [0, 0.1) is 0 Å². The van der Waals surface area contributed by atoms with E-state index in [1.54, 1.807) is 6.08 Å². The van der Waals surface area contributed by atoms with E-state index in [-0.39, 0.29) is 6.04 Å². The Balaban J connectivity index is 0.000000404. The van der Waals surface area contributed by atoms with E-state index in [1.807, 2.05) is 112 Å². The molecule has 0 radical (unpaired) electrons. The Kier molecular flexibility index (Phi) is 12.9. The van der Waals surface area contributed by atoms with Crippen LogP contribution < -0.4 is 11.1 Å². The lowest BCUT2D eigenvalue weighted by Gasteiger charge is -2.27. The van der Waals surface area contributed by atoms with Crippen molar-refractivity contribution < 1.29 is 24.5 Å². The summed E-state index contributed by atoms with van der Waals surface area (Å²) in [5.41, 5.74) is 8.70. The van der Waals surface area contributed by atoms with Crippen LogP contribution in [0.1, 0.15) is 43.9 Å². The van der Waals surface area contributed by atoms with Crippen molar-refractivity contribution in [3.8, 4) is 0 Å². The number of hydrogen-bond acceptors (Lipinski definition) is 5. The SMILES string of the molecule is CC(C)(C)OC(=O)N[C@@H](Cc1ccccc1)C[C@H](O)[C@@H](N)Cc1ccccc1.O=C(O)/C=C/c1ccccc1. The molecule has 3 aromatic rings. The molecule has 0 aliphatic rings. The third-order valence-electron chi connectivity index (χ3n) is 5.60. The van der Waals surface area contributed by atoms with Crippen LogP contribution in [0.25, 0.3) is 6.08 Å². The van der Waals surface area contributed by atoms with Gasteiger partial charge in [-0.25, -0.2) is 9.59 Å². The molecule has 3 aromatic carbocycles. The standard InChI is InChI=1S/C23H32N2O3.C9H8O2/c1-23(2,3)28-22(27)25-19(14-17-10-6-4-7-11-17)16-21(26)20(24)15-18-12-8-5-9-13-18;10-9(11)7-6-8-4-2-1-3-5-8/h4-13,19-21,26H,14-16,24H2,1-3H3,(H,25,27);1-7H,(H,10,11)/b;7-6+/t19-,20-,21-;/m0./s1. The summed E-state index contributed by atoms with van der Waals surface area (Å²) >= 11 is 0. The van der Waals surface area contributed by atoms with Crippen LogP contribution in [-0.4, -0.2) is 46.1 Å². The number of carbonyl (C=O) groups is 2. The topological polar surface area (TPSA) is 122 Å². The summed E-state index contributed by atoms with van der Waals surface area (Å²) in [6, 6.07) is 28.3. The first-order valence-corrected chi connectivity index (χ1v) is 13.0. The molecule has 39 heavy (non-hydrogen) atoms. The number of aliphatic carboxylic acids is 1. The van der Waals surface area contributed by atoms with Gasteiger partial charge in [-0.3, -0.25) is 0 Å². The second kappa shape index (κ2) is 16.1. The van der Waals surface area contributed by atoms with Gasteiger partial charge in [0.05, 0.1) is 6.10 Å². The summed E-state index contributed by atoms with van der Waals surface area (Å²) in [5.74, 6) is -0.922. The fraction of sp³-hybridized carbons (Fsp3) is 0.312. The average Bonchev–Trinajstić information content (AvgIpc) is 2.88. The van der Waals surface area contributed by atoms with Crippen LogP contribution in [0.3, 0.4) is 0 Å². The number of carboxylic acid groups (broad SMARTS) is 1. The molecule has 0 bridgehead atoms. The Bertz CT molecular complexity index is 1150. The van der Waals surface area contributed by atoms with Gasteiger partial charge in [-0.1, -0.05) is 91.0 Å². The number of nitrogens with two attached hydrogens (primary N) is 1. The lowest BCUT2D eigenvalue weighted by atomic mass is 9.94. The van der Waals surface area contributed by atoms with Gasteiger partial charge < -0.3 is 26.0 Å². The van der Waals surface area contributed by atoms with Gasteiger partial charge in [0.25, 0.3) is 0 Å². The Labute approximate surface area is 231 Å². The van der Waals surface area contributed by atoms with Crippen LogP contribution in [0.2, 0.25) is 0 Å². The normalized spacial score (nSPS) is 13.5. The summed E-state index contributed by atoms with van der Waals surface area (Å²) in [4.78, 5) is 22.3. The van der Waals surface area contributed by atoms with Gasteiger partial charge in [0, 0.05) is 18.2 Å². The smallest absolute Gasteiger partial charge is 0.407 e. The number of hydrogen-bond donors (Lipinski definition) is 4. The molecule has 0 aliphatic carbocycles. The Morgan fingerprint density at radius 1 is 0.872 bits per heavy atom. The van der Waals surface area contributed by atoms with Crippen molar-refractivity contribution in [1.82, 2.24) is 5.32 Å². The van der Waals surface area contributed by atoms with Crippen LogP contribution in [-0.2, 0) is 22.4 Å². The molecule has 0 heterocycles. The molecule has 0 aromatic heterocycles. The fourth-order valence-electron chi connectivity index (χ4n) is 3.79. The van der Waals surface area contributed by atoms with Crippen molar-refractivity contribution in [3.63, 3.8) is 0 Å². The van der Waals surface area contributed by atoms with Crippen molar-refractivity contribution >= 4 is 18.1 Å². The van der Waals surface area contributed by atoms with Crippen molar-refractivity contribution in [3.05, 3.63) is 114 Å². The molecule has 3 rings (SSSR count). The zero-order valence-corrected chi connectivity index (χ0v) is 22.9. The van der Waals surface area contributed by atoms with Crippen molar-refractivity contribution in [1.29, 1.82) is 0 Å². The second-order valence-electron chi connectivity index (χ2n) is 10.3. The summed E-state index contributed by atoms with van der Waals surface area (Å²) in [7, 11) is 0. The van der Waals surface area contributed by atoms with Gasteiger partial charge in [-0.2, -0.15) is 0 Å². The molecule has 0 spiro atoms. The summed E-state index contributed by atoms with van der Waals surface area (Å²) < 4.78 is 5.38. The number of aliphatic hydroxyl groups excluding tert-OH is 1. The van der Waals surface area contributed by atoms with Gasteiger partial charge in [-0.15, -0.1) is 0 Å². The largest absolute Gasteiger partial charge is 0.478 e. The number of benzene rings is 3. The molecular formula is C32H40N2O5. The molecule has 1 amide bonds. The zero-order valence-electron chi connectivity index (χ0n) is 22.9. The number of rotatable bonds is 10. The Hall–Kier alpha value is -3.94. The quantitative estimate of drug-likeness (QED) is 0.265. The minimum Gasteiger partial charge on any atom is -0.478 e. The molecule has 0 fully saturated rings. The maximum absolute atomic E-state index is 12.3. The molecule has 0 unspecified atom stereocenters. The highest BCUT2D eigenvalue weighted by atomic mass is 16.6. The number of carbonyl (C=O) groups excluding carboxylic acids is 1. The predicted molar refractivity (Wildman–Crippen MR) is 155 cm³/mol. The number of amides is 1. The molecule has 3 atom stereocenters. The number of nitrogens with one attached hydrogen (secondary N) is 1. The highest BCUT2D eigenvalue weighted by Gasteiger charge is 2.24. The lowest BCUT2D eigenvalue weighted by molar-refractivity contribution is -0.131. The van der Waals surface area contributed by atoms with E-state index >= 15 is 0 Å². The van der Waals surface area contributed by atoms with Crippen LogP contribution in [0.15, 0.2) is 97.1 Å². The molecule has 7 nitrogen and oxygen atoms in total. The van der Waals surface area contributed by atoms with E-state index in [2.05, 4.69) is 5.32 Å². The minimum atomic E-state index is -0.922. The van der Waals surface area contributed by atoms with Gasteiger partial charge in [0.15, 0.2) is 0 Å². The lowest BCUT2D eigenvalue weighted by Crippen LogP contribution is -2.46. The monoisotopic (exact) mass is 532 g/mol. The van der Waals surface area contributed by atoms with E-state index in [4.69, 9.17) is 15.6 Å². The number of carboxylic acids is 1. The van der Waals surface area contributed by atoms with Crippen molar-refractivity contribution in [2.24, 2.45) is 5.73 Å². The first-order chi connectivity index (χ1) is 18.5. The predicted octanol–water partition coefficient (Wildman–Crippen LogP) is 5.23. The Morgan fingerprint density at radius 3 is 1.85 bits per heavy atom. The van der Waals surface area contributed by atoms with E-state index in [1.165, 1.54) is 0 Å². The zero-order chi connectivity index (χ0) is 28.7. The van der Waals surface area contributed by atoms with E-state index < -0.39 is 29.8 Å². The van der Waals surface area contributed by atoms with Crippen LogP contribution >= 0.6 is 0 Å². The summed E-state index contributed by atoms with van der Waals surface area (Å²) in [5, 5.41) is 21.8. The first kappa shape index (κ1) is 31.3. The van der Waals surface area contributed by atoms with E-state index in [0.717, 1.165) is 22.8 Å². The van der Waals surface area contributed by atoms with Gasteiger partial charge >= 0.3 is 12.1 Å². The van der Waals surface area contributed by atoms with E-state index in [0.29, 0.717) is 19.3 Å². The van der Waals surface area contributed by atoms with Gasteiger partial charge in [0.1, 0.15) is 5.60 Å². The highest BCUT2D eigenvalue weighted by molar-refractivity contribution is 5.85. The second-order valence-corrected chi connectivity index (χ2v) is 10.3. The third-order valence-corrected chi connectivity index (χ3v) is 5.60. The summed E-state index contributed by atoms with van der Waals surface area (Å²) in [6.45, 7) is 5.47. The highest BCUT2D eigenvalue weighted by Crippen LogP contribution is 2.14. The molecular weight excluding hydrogens is 492 g/mol. The molecule has 5 N–H and O–H groups in total. The average molecular weight is 533 g/mol. The maximum Gasteiger partial charge on any atom is 0.407 e. The van der Waals surface area contributed by atoms with Gasteiger partial charge in [-0.05, 0) is 62.8 Å². The molecule has 0 saturated heterocycles. The number of aliphatic hydroxyl groups is 1. The summed E-state index contributed by atoms with van der Waals surface area (Å²) in [6.07, 6.45) is 2.96. The van der Waals surface area contributed by atoms with Gasteiger partial charge in [0.2, 0.25) is 0 Å². The van der Waals surface area contributed by atoms with Crippen molar-refractivity contribution in [2.75, 3.05) is 0 Å². The first-order valence-electron chi connectivity index (χ1n) is 13.0. The molecule has 208 valence electrons. The number of ether oxygens (including phenoxy) is 1. The molecule has 7 heteroatoms. The Morgan fingerprint density at radius 2 is 1.36 bits per heavy atom. The fourth-order valence-corrected chi connectivity index (χ4v) is 3.79. The van der Waals surface area contributed by atoms with Crippen LogP contribution in [0.4, 0.5) is 4.79 Å². The number of alkyl carbamates (subject to hydrolysis) is 1. The minimum absolute atomic E-state index is 0.283. The van der Waals surface area contributed by atoms with Crippen molar-refractivity contribution in [2.45, 2.75) is 63.8 Å². The third kappa shape index (κ3) is 14.0. The molecule has 0 aliphatic heterocycles.